The summed E-state index contributed by atoms with van der Waals surface area (Å²) in [7, 11) is 3.17. The minimum Gasteiger partial charge on any atom is -0.497 e. The van der Waals surface area contributed by atoms with Crippen LogP contribution in [0.15, 0.2) is 42.5 Å². The lowest BCUT2D eigenvalue weighted by atomic mass is 10.1. The largest absolute Gasteiger partial charge is 0.497 e. The van der Waals surface area contributed by atoms with Gasteiger partial charge in [0.15, 0.2) is 0 Å². The molecule has 0 aromatic heterocycles. The molecule has 2 N–H and O–H groups in total. The summed E-state index contributed by atoms with van der Waals surface area (Å²) in [6.45, 7) is 1.98. The molecule has 0 spiro atoms. The predicted molar refractivity (Wildman–Crippen MR) is 119 cm³/mol. The van der Waals surface area contributed by atoms with Crippen molar-refractivity contribution in [1.82, 2.24) is 10.2 Å². The molecular weight excluding hydrogens is 402 g/mol. The minimum atomic E-state index is -0.313. The molecule has 2 aromatic carbocycles. The van der Waals surface area contributed by atoms with Crippen LogP contribution in [0.25, 0.3) is 0 Å². The van der Waals surface area contributed by atoms with E-state index < -0.39 is 0 Å². The zero-order valence-electron chi connectivity index (χ0n) is 17.3. The number of rotatable bonds is 7. The first kappa shape index (κ1) is 21.8. The lowest BCUT2D eigenvalue weighted by molar-refractivity contribution is -0.130. The van der Waals surface area contributed by atoms with Crippen molar-refractivity contribution in [2.45, 2.75) is 13.0 Å². The maximum atomic E-state index is 12.4. The first-order valence-corrected chi connectivity index (χ1v) is 10.9. The van der Waals surface area contributed by atoms with E-state index in [0.29, 0.717) is 30.2 Å². The van der Waals surface area contributed by atoms with Gasteiger partial charge in [-0.25, -0.2) is 4.79 Å². The summed E-state index contributed by atoms with van der Waals surface area (Å²) in [5, 5.41) is 5.62. The van der Waals surface area contributed by atoms with Crippen LogP contribution in [0.1, 0.15) is 11.1 Å². The lowest BCUT2D eigenvalue weighted by Crippen LogP contribution is -2.38. The molecule has 7 nitrogen and oxygen atoms in total. The van der Waals surface area contributed by atoms with Gasteiger partial charge >= 0.3 is 6.03 Å². The molecule has 1 heterocycles. The summed E-state index contributed by atoms with van der Waals surface area (Å²) in [5.41, 5.74) is 2.47. The number of urea groups is 1. The van der Waals surface area contributed by atoms with Crippen LogP contribution >= 0.6 is 11.8 Å². The molecule has 0 bridgehead atoms. The van der Waals surface area contributed by atoms with Crippen molar-refractivity contribution in [1.29, 1.82) is 0 Å². The number of hydrogen-bond acceptors (Lipinski definition) is 5. The number of hydrogen-bond donors (Lipinski definition) is 2. The number of anilines is 1. The fourth-order valence-electron chi connectivity index (χ4n) is 3.13. The average molecular weight is 430 g/mol. The summed E-state index contributed by atoms with van der Waals surface area (Å²) in [4.78, 5) is 26.5. The first-order valence-electron chi connectivity index (χ1n) is 9.78. The highest BCUT2D eigenvalue weighted by molar-refractivity contribution is 7.99. The topological polar surface area (TPSA) is 79.9 Å². The summed E-state index contributed by atoms with van der Waals surface area (Å²) in [5.74, 6) is 3.50. The summed E-state index contributed by atoms with van der Waals surface area (Å²) in [6, 6.07) is 12.5. The van der Waals surface area contributed by atoms with Crippen molar-refractivity contribution in [3.8, 4) is 11.5 Å². The van der Waals surface area contributed by atoms with Crippen LogP contribution in [0, 0.1) is 0 Å². The molecule has 0 radical (unpaired) electrons. The second kappa shape index (κ2) is 10.8. The van der Waals surface area contributed by atoms with Crippen LogP contribution < -0.4 is 20.1 Å². The molecule has 160 valence electrons. The molecule has 1 saturated heterocycles. The van der Waals surface area contributed by atoms with Crippen molar-refractivity contribution < 1.29 is 19.1 Å². The maximum Gasteiger partial charge on any atom is 0.319 e. The molecule has 3 amide bonds. The lowest BCUT2D eigenvalue weighted by Gasteiger charge is -2.26. The van der Waals surface area contributed by atoms with Gasteiger partial charge in [-0.05, 0) is 35.4 Å². The Bertz CT molecular complexity index is 845. The first-order chi connectivity index (χ1) is 14.6. The van der Waals surface area contributed by atoms with Gasteiger partial charge < -0.3 is 25.0 Å². The van der Waals surface area contributed by atoms with Gasteiger partial charge in [-0.2, -0.15) is 11.8 Å². The van der Waals surface area contributed by atoms with Crippen molar-refractivity contribution in [3.05, 3.63) is 53.6 Å². The number of thioether (sulfide) groups is 1. The minimum absolute atomic E-state index is 0.155. The fourth-order valence-corrected chi connectivity index (χ4v) is 4.03. The Balaban J connectivity index is 1.49. The predicted octanol–water partition coefficient (Wildman–Crippen LogP) is 3.14. The van der Waals surface area contributed by atoms with E-state index in [1.54, 1.807) is 20.3 Å². The number of nitrogens with one attached hydrogen (secondary N) is 2. The molecular formula is C22H27N3O4S. The highest BCUT2D eigenvalue weighted by atomic mass is 32.2. The van der Waals surface area contributed by atoms with Gasteiger partial charge in [0, 0.05) is 42.9 Å². The van der Waals surface area contributed by atoms with Crippen LogP contribution in [0.5, 0.6) is 11.5 Å². The molecule has 1 aliphatic heterocycles. The van der Waals surface area contributed by atoms with Crippen LogP contribution in [0.4, 0.5) is 10.5 Å². The van der Waals surface area contributed by atoms with E-state index in [1.807, 2.05) is 53.1 Å². The second-order valence-corrected chi connectivity index (χ2v) is 8.12. The Labute approximate surface area is 181 Å². The second-order valence-electron chi connectivity index (χ2n) is 6.90. The maximum absolute atomic E-state index is 12.4. The standard InChI is InChI=1S/C22H27N3O4S/c1-28-19-11-17(12-20(14-19)29-2)15-23-22(27)24-18-5-3-16(4-6-18)13-21(26)25-7-9-30-10-8-25/h3-6,11-12,14H,7-10,13,15H2,1-2H3,(H2,23,24,27). The van der Waals surface area contributed by atoms with E-state index in [9.17, 15) is 9.59 Å². The average Bonchev–Trinajstić information content (AvgIpc) is 2.79. The van der Waals surface area contributed by atoms with E-state index in [2.05, 4.69) is 10.6 Å². The van der Waals surface area contributed by atoms with Crippen LogP contribution in [-0.4, -0.2) is 55.7 Å². The molecule has 0 atom stereocenters. The van der Waals surface area contributed by atoms with Gasteiger partial charge in [0.05, 0.1) is 20.6 Å². The number of ether oxygens (including phenoxy) is 2. The normalized spacial score (nSPS) is 13.5. The third-order valence-electron chi connectivity index (χ3n) is 4.80. The molecule has 8 heteroatoms. The number of amides is 3. The monoisotopic (exact) mass is 429 g/mol. The van der Waals surface area contributed by atoms with E-state index in [4.69, 9.17) is 9.47 Å². The summed E-state index contributed by atoms with van der Waals surface area (Å²) >= 11 is 1.88. The summed E-state index contributed by atoms with van der Waals surface area (Å²) < 4.78 is 10.5. The van der Waals surface area contributed by atoms with Crippen molar-refractivity contribution in [2.75, 3.05) is 44.1 Å². The third kappa shape index (κ3) is 6.32. The van der Waals surface area contributed by atoms with Crippen LogP contribution in [0.3, 0.4) is 0 Å². The molecule has 30 heavy (non-hydrogen) atoms. The highest BCUT2D eigenvalue weighted by Gasteiger charge is 2.16. The van der Waals surface area contributed by atoms with E-state index in [0.717, 1.165) is 35.7 Å². The van der Waals surface area contributed by atoms with E-state index >= 15 is 0 Å². The molecule has 0 unspecified atom stereocenters. The zero-order valence-corrected chi connectivity index (χ0v) is 18.1. The van der Waals surface area contributed by atoms with Gasteiger partial charge in [-0.3, -0.25) is 4.79 Å². The van der Waals surface area contributed by atoms with Gasteiger partial charge in [0.25, 0.3) is 0 Å². The van der Waals surface area contributed by atoms with Crippen molar-refractivity contribution in [3.63, 3.8) is 0 Å². The van der Waals surface area contributed by atoms with E-state index in [-0.39, 0.29) is 11.9 Å². The molecule has 3 rings (SSSR count). The Kier molecular flexibility index (Phi) is 7.84. The third-order valence-corrected chi connectivity index (χ3v) is 5.74. The van der Waals surface area contributed by atoms with E-state index in [1.165, 1.54) is 0 Å². The van der Waals surface area contributed by atoms with Gasteiger partial charge in [-0.15, -0.1) is 0 Å². The fraction of sp³-hybridized carbons (Fsp3) is 0.364. The molecule has 1 fully saturated rings. The Hall–Kier alpha value is -2.87. The zero-order chi connectivity index (χ0) is 21.3. The molecule has 0 aliphatic carbocycles. The molecule has 2 aromatic rings. The number of carbonyl (C=O) groups excluding carboxylic acids is 2. The van der Waals surface area contributed by atoms with Crippen LogP contribution in [0.2, 0.25) is 0 Å². The number of nitrogens with zero attached hydrogens (tertiary/aromatic N) is 1. The SMILES string of the molecule is COc1cc(CNC(=O)Nc2ccc(CC(=O)N3CCSCC3)cc2)cc(OC)c1. The van der Waals surface area contributed by atoms with Crippen LogP contribution in [-0.2, 0) is 17.8 Å². The molecule has 1 aliphatic rings. The quantitative estimate of drug-likeness (QED) is 0.707. The summed E-state index contributed by atoms with van der Waals surface area (Å²) in [6.07, 6.45) is 0.384. The van der Waals surface area contributed by atoms with Crippen molar-refractivity contribution in [2.24, 2.45) is 0 Å². The van der Waals surface area contributed by atoms with Gasteiger partial charge in [0.1, 0.15) is 11.5 Å². The number of carbonyl (C=O) groups is 2. The Morgan fingerprint density at radius 2 is 1.60 bits per heavy atom. The smallest absolute Gasteiger partial charge is 0.319 e. The van der Waals surface area contributed by atoms with Gasteiger partial charge in [-0.1, -0.05) is 12.1 Å². The Morgan fingerprint density at radius 1 is 0.967 bits per heavy atom. The highest BCUT2D eigenvalue weighted by Crippen LogP contribution is 2.22. The Morgan fingerprint density at radius 3 is 2.20 bits per heavy atom. The van der Waals surface area contributed by atoms with Gasteiger partial charge in [0.2, 0.25) is 5.91 Å². The number of methoxy groups -OCH3 is 2. The van der Waals surface area contributed by atoms with Crippen molar-refractivity contribution >= 4 is 29.4 Å². The number of benzene rings is 2. The molecule has 0 saturated carbocycles.